The van der Waals surface area contributed by atoms with Gasteiger partial charge in [0.25, 0.3) is 6.43 Å². The summed E-state index contributed by atoms with van der Waals surface area (Å²) in [5.74, 6) is -1.94. The number of rotatable bonds is 3. The summed E-state index contributed by atoms with van der Waals surface area (Å²) in [4.78, 5) is 0. The van der Waals surface area contributed by atoms with Crippen LogP contribution in [-0.2, 0) is 0 Å². The van der Waals surface area contributed by atoms with E-state index in [1.54, 1.807) is 0 Å². The molecule has 0 bridgehead atoms. The molecule has 100 valence electrons. The lowest BCUT2D eigenvalue weighted by atomic mass is 9.99. The van der Waals surface area contributed by atoms with Crippen LogP contribution in [0.4, 0.5) is 17.6 Å². The summed E-state index contributed by atoms with van der Waals surface area (Å²) >= 11 is 0. The number of halogens is 4. The molecule has 0 aliphatic rings. The highest BCUT2D eigenvalue weighted by atomic mass is 19.3. The van der Waals surface area contributed by atoms with Crippen molar-refractivity contribution in [2.45, 2.75) is 6.43 Å². The van der Waals surface area contributed by atoms with Crippen LogP contribution in [0.3, 0.4) is 0 Å². The van der Waals surface area contributed by atoms with Gasteiger partial charge in [-0.1, -0.05) is 12.1 Å². The molecule has 19 heavy (non-hydrogen) atoms. The summed E-state index contributed by atoms with van der Waals surface area (Å²) in [6.07, 6.45) is -2.79. The lowest BCUT2D eigenvalue weighted by Gasteiger charge is -2.12. The monoisotopic (exact) mass is 270 g/mol. The van der Waals surface area contributed by atoms with Gasteiger partial charge in [-0.2, -0.15) is 0 Å². The Hall–Kier alpha value is -2.04. The van der Waals surface area contributed by atoms with Gasteiger partial charge < -0.3 is 4.74 Å². The summed E-state index contributed by atoms with van der Waals surface area (Å²) in [6, 6.07) is 7.20. The maximum atomic E-state index is 13.7. The Kier molecular flexibility index (Phi) is 3.74. The summed E-state index contributed by atoms with van der Waals surface area (Å²) in [6.45, 7) is 0. The number of alkyl halides is 2. The van der Waals surface area contributed by atoms with Crippen LogP contribution in [0, 0.1) is 11.6 Å². The minimum Gasteiger partial charge on any atom is -0.497 e. The topological polar surface area (TPSA) is 9.23 Å². The molecule has 0 unspecified atom stereocenters. The van der Waals surface area contributed by atoms with Crippen LogP contribution in [0.25, 0.3) is 11.1 Å². The maximum Gasteiger partial charge on any atom is 0.264 e. The van der Waals surface area contributed by atoms with Crippen LogP contribution in [0.2, 0.25) is 0 Å². The van der Waals surface area contributed by atoms with Crippen LogP contribution in [-0.4, -0.2) is 7.11 Å². The molecule has 5 heteroatoms. The van der Waals surface area contributed by atoms with E-state index < -0.39 is 18.1 Å². The normalized spacial score (nSPS) is 10.8. The largest absolute Gasteiger partial charge is 0.497 e. The fraction of sp³-hybridized carbons (Fsp3) is 0.143. The summed E-state index contributed by atoms with van der Waals surface area (Å²) in [7, 11) is 1.36. The van der Waals surface area contributed by atoms with Crippen LogP contribution in [0.1, 0.15) is 12.0 Å². The predicted molar refractivity (Wildman–Crippen MR) is 63.3 cm³/mol. The molecular formula is C14H10F4O. The molecule has 0 N–H and O–H groups in total. The number of ether oxygens (including phenoxy) is 1. The molecule has 0 aromatic heterocycles. The average Bonchev–Trinajstić information content (AvgIpc) is 2.41. The van der Waals surface area contributed by atoms with Gasteiger partial charge in [0.05, 0.1) is 7.11 Å². The molecule has 0 saturated carbocycles. The van der Waals surface area contributed by atoms with E-state index in [0.717, 1.165) is 12.1 Å². The van der Waals surface area contributed by atoms with E-state index in [4.69, 9.17) is 4.74 Å². The number of methoxy groups -OCH3 is 1. The van der Waals surface area contributed by atoms with E-state index in [1.165, 1.54) is 31.4 Å². The maximum absolute atomic E-state index is 13.7. The smallest absolute Gasteiger partial charge is 0.264 e. The van der Waals surface area contributed by atoms with Crippen molar-refractivity contribution in [1.29, 1.82) is 0 Å². The summed E-state index contributed by atoms with van der Waals surface area (Å²) < 4.78 is 57.7. The van der Waals surface area contributed by atoms with Crippen molar-refractivity contribution in [3.8, 4) is 16.9 Å². The van der Waals surface area contributed by atoms with Crippen LogP contribution >= 0.6 is 0 Å². The highest BCUT2D eigenvalue weighted by Crippen LogP contribution is 2.35. The van der Waals surface area contributed by atoms with Gasteiger partial charge in [0.2, 0.25) is 0 Å². The van der Waals surface area contributed by atoms with Crippen molar-refractivity contribution < 1.29 is 22.3 Å². The second-order valence-corrected chi connectivity index (χ2v) is 3.86. The van der Waals surface area contributed by atoms with E-state index in [2.05, 4.69) is 0 Å². The van der Waals surface area contributed by atoms with E-state index in [0.29, 0.717) is 5.75 Å². The van der Waals surface area contributed by atoms with Crippen molar-refractivity contribution in [3.05, 3.63) is 53.6 Å². The lowest BCUT2D eigenvalue weighted by molar-refractivity contribution is 0.152. The van der Waals surface area contributed by atoms with Gasteiger partial charge in [-0.25, -0.2) is 17.6 Å². The Morgan fingerprint density at radius 3 is 2.37 bits per heavy atom. The van der Waals surface area contributed by atoms with Crippen LogP contribution in [0.5, 0.6) is 5.75 Å². The summed E-state index contributed by atoms with van der Waals surface area (Å²) in [5.41, 5.74) is -0.661. The Bertz CT molecular complexity index is 596. The molecule has 0 fully saturated rings. The quantitative estimate of drug-likeness (QED) is 0.742. The fourth-order valence-electron chi connectivity index (χ4n) is 1.80. The minimum absolute atomic E-state index is 0.0775. The van der Waals surface area contributed by atoms with Crippen molar-refractivity contribution in [1.82, 2.24) is 0 Å². The molecule has 0 aliphatic heterocycles. The molecule has 2 aromatic rings. The highest BCUT2D eigenvalue weighted by molar-refractivity contribution is 5.70. The Labute approximate surface area is 107 Å². The lowest BCUT2D eigenvalue weighted by Crippen LogP contribution is -1.96. The molecule has 0 saturated heterocycles. The number of benzene rings is 2. The van der Waals surface area contributed by atoms with Gasteiger partial charge in [0.1, 0.15) is 5.75 Å². The first kappa shape index (κ1) is 13.4. The molecule has 1 nitrogen and oxygen atoms in total. The molecule has 0 spiro atoms. The zero-order valence-corrected chi connectivity index (χ0v) is 9.96. The van der Waals surface area contributed by atoms with E-state index in [-0.39, 0.29) is 16.7 Å². The average molecular weight is 270 g/mol. The minimum atomic E-state index is -2.79. The molecule has 2 rings (SSSR count). The van der Waals surface area contributed by atoms with Gasteiger partial charge in [-0.15, -0.1) is 0 Å². The van der Waals surface area contributed by atoms with Crippen molar-refractivity contribution >= 4 is 0 Å². The van der Waals surface area contributed by atoms with Gasteiger partial charge in [0.15, 0.2) is 11.6 Å². The van der Waals surface area contributed by atoms with Gasteiger partial charge >= 0.3 is 0 Å². The zero-order valence-electron chi connectivity index (χ0n) is 9.96. The standard InChI is InChI=1S/C14H10F4O/c1-19-8-5-6-10(14(17)18)11(7-8)9-3-2-4-12(15)13(9)16/h2-7,14H,1H3. The first-order chi connectivity index (χ1) is 9.04. The SMILES string of the molecule is COc1ccc(C(F)F)c(-c2cccc(F)c2F)c1. The van der Waals surface area contributed by atoms with Crippen molar-refractivity contribution in [2.75, 3.05) is 7.11 Å². The van der Waals surface area contributed by atoms with E-state index in [9.17, 15) is 17.6 Å². The highest BCUT2D eigenvalue weighted by Gasteiger charge is 2.19. The molecule has 0 atom stereocenters. The fourth-order valence-corrected chi connectivity index (χ4v) is 1.80. The van der Waals surface area contributed by atoms with Gasteiger partial charge in [-0.3, -0.25) is 0 Å². The Morgan fingerprint density at radius 2 is 1.74 bits per heavy atom. The molecular weight excluding hydrogens is 260 g/mol. The Morgan fingerprint density at radius 1 is 1.00 bits per heavy atom. The van der Waals surface area contributed by atoms with Crippen molar-refractivity contribution in [3.63, 3.8) is 0 Å². The first-order valence-electron chi connectivity index (χ1n) is 5.45. The molecule has 0 radical (unpaired) electrons. The third-order valence-electron chi connectivity index (χ3n) is 2.74. The van der Waals surface area contributed by atoms with Crippen LogP contribution in [0.15, 0.2) is 36.4 Å². The molecule has 2 aromatic carbocycles. The van der Waals surface area contributed by atoms with Crippen molar-refractivity contribution in [2.24, 2.45) is 0 Å². The molecule has 0 amide bonds. The number of hydrogen-bond acceptors (Lipinski definition) is 1. The number of hydrogen-bond donors (Lipinski definition) is 0. The van der Waals surface area contributed by atoms with E-state index in [1.807, 2.05) is 0 Å². The van der Waals surface area contributed by atoms with Crippen LogP contribution < -0.4 is 4.74 Å². The first-order valence-corrected chi connectivity index (χ1v) is 5.45. The second kappa shape index (κ2) is 5.30. The molecule has 0 heterocycles. The zero-order chi connectivity index (χ0) is 14.0. The Balaban J connectivity index is 2.68. The molecule has 0 aliphatic carbocycles. The third-order valence-corrected chi connectivity index (χ3v) is 2.74. The third kappa shape index (κ3) is 2.54. The van der Waals surface area contributed by atoms with Gasteiger partial charge in [-0.05, 0) is 29.8 Å². The summed E-state index contributed by atoms with van der Waals surface area (Å²) in [5, 5.41) is 0. The second-order valence-electron chi connectivity index (χ2n) is 3.86. The van der Waals surface area contributed by atoms with Gasteiger partial charge in [0, 0.05) is 11.1 Å². The predicted octanol–water partition coefficient (Wildman–Crippen LogP) is 4.58. The van der Waals surface area contributed by atoms with E-state index >= 15 is 0 Å².